The van der Waals surface area contributed by atoms with Crippen molar-refractivity contribution in [3.8, 4) is 5.75 Å². The largest absolute Gasteiger partial charge is 0.493 e. The van der Waals surface area contributed by atoms with Gasteiger partial charge in [0.2, 0.25) is 0 Å². The number of likely N-dealkylation sites (tertiary alicyclic amines) is 1. The lowest BCUT2D eigenvalue weighted by molar-refractivity contribution is 0.0562. The van der Waals surface area contributed by atoms with Gasteiger partial charge < -0.3 is 19.9 Å². The highest BCUT2D eigenvalue weighted by molar-refractivity contribution is 6.11. The Balaban J connectivity index is 1.28. The van der Waals surface area contributed by atoms with E-state index in [-0.39, 0.29) is 11.6 Å². The van der Waals surface area contributed by atoms with Crippen LogP contribution in [0.1, 0.15) is 46.4 Å². The Morgan fingerprint density at radius 3 is 2.62 bits per heavy atom. The van der Waals surface area contributed by atoms with E-state index in [0.29, 0.717) is 30.4 Å². The van der Waals surface area contributed by atoms with Crippen molar-refractivity contribution in [3.63, 3.8) is 0 Å². The minimum Gasteiger partial charge on any atom is -0.493 e. The Labute approximate surface area is 220 Å². The molecule has 1 aromatic heterocycles. The molecule has 0 bridgehead atoms. The number of carbonyl (C=O) groups is 1. The highest BCUT2D eigenvalue weighted by atomic mass is 28.1. The number of alkyl halides is 1. The number of aryl methyl sites for hydroxylation is 2. The number of fused-ring (bicyclic) bond motifs is 1. The maximum absolute atomic E-state index is 13.6. The molecule has 0 spiro atoms. The van der Waals surface area contributed by atoms with Gasteiger partial charge in [-0.1, -0.05) is 12.1 Å². The minimum absolute atomic E-state index is 0.113. The molecule has 2 atom stereocenters. The molecule has 3 aromatic rings. The molecule has 1 aliphatic carbocycles. The molecule has 3 heterocycles. The van der Waals surface area contributed by atoms with Crippen molar-refractivity contribution in [2.24, 2.45) is 0 Å². The Hall–Kier alpha value is -2.97. The van der Waals surface area contributed by atoms with Gasteiger partial charge in [-0.25, -0.2) is 4.39 Å². The molecule has 1 unspecified atom stereocenters. The van der Waals surface area contributed by atoms with Crippen molar-refractivity contribution in [2.45, 2.75) is 56.6 Å². The van der Waals surface area contributed by atoms with E-state index in [4.69, 9.17) is 9.72 Å². The number of hydrogen-bond donors (Lipinski definition) is 1. The number of anilines is 1. The summed E-state index contributed by atoms with van der Waals surface area (Å²) in [6.07, 6.45) is 1.99. The fourth-order valence-corrected chi connectivity index (χ4v) is 6.03. The van der Waals surface area contributed by atoms with Crippen LogP contribution in [0.3, 0.4) is 0 Å². The third-order valence-corrected chi connectivity index (χ3v) is 8.66. The first-order valence-corrected chi connectivity index (χ1v) is 13.6. The van der Waals surface area contributed by atoms with Gasteiger partial charge in [-0.3, -0.25) is 9.78 Å². The van der Waals surface area contributed by atoms with E-state index in [9.17, 15) is 9.18 Å². The van der Waals surface area contributed by atoms with Gasteiger partial charge in [0.1, 0.15) is 11.9 Å². The van der Waals surface area contributed by atoms with E-state index < -0.39 is 11.7 Å². The number of ether oxygens (including phenoxy) is 1. The van der Waals surface area contributed by atoms with Crippen LogP contribution in [0.4, 0.5) is 10.1 Å². The number of aromatic nitrogens is 1. The second-order valence-electron chi connectivity index (χ2n) is 10.9. The normalized spacial score (nSPS) is 21.8. The van der Waals surface area contributed by atoms with Gasteiger partial charge in [-0.05, 0) is 88.2 Å². The molecule has 1 saturated carbocycles. The number of pyridine rings is 1. The molecule has 2 saturated heterocycles. The predicted octanol–water partition coefficient (Wildman–Crippen LogP) is 4.01. The number of hydrogen-bond acceptors (Lipinski definition) is 5. The van der Waals surface area contributed by atoms with Gasteiger partial charge in [0.15, 0.2) is 0 Å². The Morgan fingerprint density at radius 2 is 1.97 bits per heavy atom. The zero-order valence-electron chi connectivity index (χ0n) is 21.6. The molecule has 6 rings (SSSR count). The standard InChI is InChI=1S/C29H32FN4O2Si/c1-17-4-6-21(36-28(37)26-8-11-33(26)3)14-23(17)27(35)32-29(9-10-29)24-12-20(34-15-19(30)16-34)13-25-22(24)7-5-18(2)31-25/h4-7,12-14,19,26,28H,8-11,15-16H2,1-3H3,(H,32,35)/t26-,28?/m0/s1. The number of likely N-dealkylation sites (N-methyl/N-ethyl adjacent to an activating group) is 1. The van der Waals surface area contributed by atoms with Gasteiger partial charge >= 0.3 is 0 Å². The third-order valence-electron chi connectivity index (χ3n) is 8.16. The fraction of sp³-hybridized carbons (Fsp3) is 0.448. The van der Waals surface area contributed by atoms with Gasteiger partial charge in [0, 0.05) is 28.4 Å². The number of carbonyl (C=O) groups excluding carboxylic acids is 1. The third kappa shape index (κ3) is 4.50. The highest BCUT2D eigenvalue weighted by Gasteiger charge is 2.47. The number of nitrogens with zero attached hydrogens (tertiary/aromatic N) is 3. The zero-order valence-corrected chi connectivity index (χ0v) is 22.6. The quantitative estimate of drug-likeness (QED) is 0.482. The van der Waals surface area contributed by atoms with Crippen molar-refractivity contribution in [2.75, 3.05) is 31.6 Å². The summed E-state index contributed by atoms with van der Waals surface area (Å²) >= 11 is 0. The fourth-order valence-electron chi connectivity index (χ4n) is 5.47. The van der Waals surface area contributed by atoms with E-state index in [0.717, 1.165) is 59.2 Å². The molecule has 8 heteroatoms. The van der Waals surface area contributed by atoms with E-state index in [1.807, 2.05) is 49.1 Å². The summed E-state index contributed by atoms with van der Waals surface area (Å²) in [5.41, 5.74) is 4.75. The first kappa shape index (κ1) is 24.4. The van der Waals surface area contributed by atoms with Crippen LogP contribution in [-0.2, 0) is 5.54 Å². The van der Waals surface area contributed by atoms with Gasteiger partial charge in [0.25, 0.3) is 5.91 Å². The molecular weight excluding hydrogens is 483 g/mol. The van der Waals surface area contributed by atoms with Crippen LogP contribution < -0.4 is 15.0 Å². The number of nitrogens with one attached hydrogen (secondary N) is 1. The van der Waals surface area contributed by atoms with Crippen molar-refractivity contribution in [3.05, 3.63) is 64.8 Å². The van der Waals surface area contributed by atoms with E-state index >= 15 is 0 Å². The van der Waals surface area contributed by atoms with Crippen LogP contribution in [0.5, 0.6) is 5.75 Å². The van der Waals surface area contributed by atoms with Crippen molar-refractivity contribution in [1.82, 2.24) is 15.2 Å². The lowest BCUT2D eigenvalue weighted by Gasteiger charge is -2.41. The molecule has 2 aromatic carbocycles. The average Bonchev–Trinajstić information content (AvgIpc) is 3.61. The molecule has 191 valence electrons. The van der Waals surface area contributed by atoms with Crippen LogP contribution in [-0.4, -0.2) is 70.7 Å². The molecule has 6 nitrogen and oxygen atoms in total. The SMILES string of the molecule is Cc1ccc2c(C3(NC(=O)c4cc(OC([Si])[C@@H]5CCN5C)ccc4C)CC3)cc(N3CC(F)C3)cc2n1. The smallest absolute Gasteiger partial charge is 0.252 e. The molecule has 3 radical (unpaired) electrons. The molecule has 3 fully saturated rings. The second kappa shape index (κ2) is 9.10. The van der Waals surface area contributed by atoms with Gasteiger partial charge in [0.05, 0.1) is 40.1 Å². The van der Waals surface area contributed by atoms with Crippen molar-refractivity contribution >= 4 is 32.7 Å². The predicted molar refractivity (Wildman–Crippen MR) is 144 cm³/mol. The maximum atomic E-state index is 13.6. The molecule has 37 heavy (non-hydrogen) atoms. The van der Waals surface area contributed by atoms with Crippen LogP contribution in [0.2, 0.25) is 0 Å². The summed E-state index contributed by atoms with van der Waals surface area (Å²) < 4.78 is 19.8. The monoisotopic (exact) mass is 515 g/mol. The summed E-state index contributed by atoms with van der Waals surface area (Å²) in [5.74, 6) is 0.560. The lowest BCUT2D eigenvalue weighted by Crippen LogP contribution is -2.53. The summed E-state index contributed by atoms with van der Waals surface area (Å²) in [4.78, 5) is 22.7. The number of halogens is 1. The number of benzene rings is 2. The highest BCUT2D eigenvalue weighted by Crippen LogP contribution is 2.49. The minimum atomic E-state index is -0.791. The van der Waals surface area contributed by atoms with Crippen molar-refractivity contribution in [1.29, 1.82) is 0 Å². The summed E-state index contributed by atoms with van der Waals surface area (Å²) in [5, 5.41) is 4.39. The van der Waals surface area contributed by atoms with Gasteiger partial charge in [-0.2, -0.15) is 0 Å². The molecule has 1 N–H and O–H groups in total. The maximum Gasteiger partial charge on any atom is 0.252 e. The summed E-state index contributed by atoms with van der Waals surface area (Å²) in [6.45, 7) is 5.78. The summed E-state index contributed by atoms with van der Waals surface area (Å²) in [6, 6.07) is 14.3. The Bertz CT molecular complexity index is 1370. The van der Waals surface area contributed by atoms with E-state index in [2.05, 4.69) is 39.6 Å². The lowest BCUT2D eigenvalue weighted by atomic mass is 9.96. The second-order valence-corrected chi connectivity index (χ2v) is 11.5. The van der Waals surface area contributed by atoms with Crippen molar-refractivity contribution < 1.29 is 13.9 Å². The van der Waals surface area contributed by atoms with E-state index in [1.165, 1.54) is 0 Å². The number of rotatable bonds is 7. The Kier molecular flexibility index (Phi) is 5.99. The van der Waals surface area contributed by atoms with Crippen LogP contribution in [0.15, 0.2) is 42.5 Å². The first-order valence-electron chi connectivity index (χ1n) is 13.0. The number of amides is 1. The van der Waals surface area contributed by atoms with Crippen LogP contribution in [0.25, 0.3) is 10.9 Å². The Morgan fingerprint density at radius 1 is 1.19 bits per heavy atom. The zero-order chi connectivity index (χ0) is 25.9. The van der Waals surface area contributed by atoms with E-state index in [1.54, 1.807) is 0 Å². The molecular formula is C29H32FN4O2Si. The molecule has 2 aliphatic heterocycles. The average molecular weight is 516 g/mol. The molecule has 3 aliphatic rings. The first-order chi connectivity index (χ1) is 17.7. The van der Waals surface area contributed by atoms with Crippen LogP contribution in [0, 0.1) is 13.8 Å². The topological polar surface area (TPSA) is 57.7 Å². The van der Waals surface area contributed by atoms with Gasteiger partial charge in [-0.15, -0.1) is 0 Å². The summed E-state index contributed by atoms with van der Waals surface area (Å²) in [7, 11) is 5.81. The van der Waals surface area contributed by atoms with Crippen LogP contribution >= 0.6 is 0 Å². The molecule has 1 amide bonds.